The fraction of sp³-hybridized carbons (Fsp3) is 0.529. The van der Waals surface area contributed by atoms with Crippen molar-refractivity contribution in [2.24, 2.45) is 0 Å². The van der Waals surface area contributed by atoms with Gasteiger partial charge in [-0.1, -0.05) is 18.5 Å². The number of hydrogen-bond donors (Lipinski definition) is 3. The number of nitrogens with one attached hydrogen (secondary N) is 2. The van der Waals surface area contributed by atoms with E-state index in [1.165, 1.54) is 26.2 Å². The summed E-state index contributed by atoms with van der Waals surface area (Å²) in [5.41, 5.74) is 0.693. The summed E-state index contributed by atoms with van der Waals surface area (Å²) >= 11 is 6.16. The minimum atomic E-state index is -0.298. The molecule has 0 aromatic heterocycles. The van der Waals surface area contributed by atoms with Gasteiger partial charge in [0.15, 0.2) is 0 Å². The van der Waals surface area contributed by atoms with Gasteiger partial charge in [-0.2, -0.15) is 0 Å². The van der Waals surface area contributed by atoms with Crippen LogP contribution in [0.25, 0.3) is 0 Å². The average Bonchev–Trinajstić information content (AvgIpc) is 2.97. The topological polar surface area (TPSA) is 90.9 Å². The summed E-state index contributed by atoms with van der Waals surface area (Å²) in [4.78, 5) is 26.0. The van der Waals surface area contributed by atoms with E-state index in [4.69, 9.17) is 16.3 Å². The lowest BCUT2D eigenvalue weighted by atomic mass is 10.1. The summed E-state index contributed by atoms with van der Waals surface area (Å²) in [5.74, 6) is -0.232. The zero-order valence-corrected chi connectivity index (χ0v) is 15.4. The van der Waals surface area contributed by atoms with Crippen LogP contribution in [0.1, 0.15) is 30.6 Å². The predicted octanol–water partition coefficient (Wildman–Crippen LogP) is 1.49. The highest BCUT2D eigenvalue weighted by Crippen LogP contribution is 2.31. The van der Waals surface area contributed by atoms with E-state index in [1.807, 2.05) is 6.92 Å². The number of rotatable bonds is 6. The van der Waals surface area contributed by atoms with Gasteiger partial charge in [-0.25, -0.2) is 0 Å². The van der Waals surface area contributed by atoms with E-state index in [0.29, 0.717) is 30.0 Å². The number of carbonyl (C=O) groups is 2. The van der Waals surface area contributed by atoms with Crippen LogP contribution in [0, 0.1) is 0 Å². The first-order valence-corrected chi connectivity index (χ1v) is 8.58. The highest BCUT2D eigenvalue weighted by Gasteiger charge is 2.32. The zero-order chi connectivity index (χ0) is 18.6. The van der Waals surface area contributed by atoms with Crippen molar-refractivity contribution in [2.45, 2.75) is 32.4 Å². The minimum absolute atomic E-state index is 0.0527. The summed E-state index contributed by atoms with van der Waals surface area (Å²) < 4.78 is 5.27. The number of amides is 2. The quantitative estimate of drug-likeness (QED) is 0.706. The van der Waals surface area contributed by atoms with Crippen molar-refractivity contribution in [2.75, 3.05) is 32.1 Å². The monoisotopic (exact) mass is 369 g/mol. The lowest BCUT2D eigenvalue weighted by Gasteiger charge is -2.19. The number of benzene rings is 1. The van der Waals surface area contributed by atoms with Gasteiger partial charge < -0.3 is 20.5 Å². The largest absolute Gasteiger partial charge is 0.496 e. The van der Waals surface area contributed by atoms with Crippen LogP contribution in [0.4, 0.5) is 5.69 Å². The zero-order valence-electron chi connectivity index (χ0n) is 14.6. The SMILES string of the molecule is CCN1C[C@@H](NC(=O)c2cc(Cl)c(NC(C)=O)cc2OC)C[C@H]1CO. The molecular formula is C17H24ClN3O4. The van der Waals surface area contributed by atoms with E-state index in [9.17, 15) is 14.7 Å². The van der Waals surface area contributed by atoms with Crippen LogP contribution in [0.3, 0.4) is 0 Å². The molecule has 0 bridgehead atoms. The Bertz CT molecular complexity index is 641. The van der Waals surface area contributed by atoms with Gasteiger partial charge in [0.2, 0.25) is 5.91 Å². The molecule has 1 fully saturated rings. The number of methoxy groups -OCH3 is 1. The number of hydrogen-bond acceptors (Lipinski definition) is 5. The molecule has 8 heteroatoms. The Labute approximate surface area is 152 Å². The normalized spacial score (nSPS) is 20.4. The Kier molecular flexibility index (Phi) is 6.64. The summed E-state index contributed by atoms with van der Waals surface area (Å²) in [6.45, 7) is 4.98. The van der Waals surface area contributed by atoms with Crippen molar-refractivity contribution in [3.8, 4) is 5.75 Å². The van der Waals surface area contributed by atoms with Gasteiger partial charge in [0.05, 0.1) is 30.0 Å². The fourth-order valence-corrected chi connectivity index (χ4v) is 3.33. The Hall–Kier alpha value is -1.83. The van der Waals surface area contributed by atoms with Crippen molar-refractivity contribution in [1.29, 1.82) is 0 Å². The second-order valence-corrected chi connectivity index (χ2v) is 6.45. The second-order valence-electron chi connectivity index (χ2n) is 6.04. The molecule has 2 amide bonds. The highest BCUT2D eigenvalue weighted by molar-refractivity contribution is 6.34. The first-order chi connectivity index (χ1) is 11.9. The second kappa shape index (κ2) is 8.51. The molecule has 2 atom stereocenters. The lowest BCUT2D eigenvalue weighted by molar-refractivity contribution is -0.114. The smallest absolute Gasteiger partial charge is 0.255 e. The Morgan fingerprint density at radius 2 is 2.16 bits per heavy atom. The van der Waals surface area contributed by atoms with Gasteiger partial charge >= 0.3 is 0 Å². The number of carbonyl (C=O) groups excluding carboxylic acids is 2. The summed E-state index contributed by atoms with van der Waals surface area (Å²) in [6.07, 6.45) is 0.691. The molecule has 0 aliphatic carbocycles. The Morgan fingerprint density at radius 3 is 2.68 bits per heavy atom. The van der Waals surface area contributed by atoms with Crippen molar-refractivity contribution in [3.63, 3.8) is 0 Å². The minimum Gasteiger partial charge on any atom is -0.496 e. The van der Waals surface area contributed by atoms with Crippen molar-refractivity contribution in [3.05, 3.63) is 22.7 Å². The number of anilines is 1. The fourth-order valence-electron chi connectivity index (χ4n) is 3.11. The summed E-state index contributed by atoms with van der Waals surface area (Å²) in [5, 5.41) is 15.3. The van der Waals surface area contributed by atoms with E-state index < -0.39 is 0 Å². The van der Waals surface area contributed by atoms with Gasteiger partial charge in [0, 0.05) is 31.6 Å². The molecular weight excluding hydrogens is 346 g/mol. The van der Waals surface area contributed by atoms with Crippen LogP contribution < -0.4 is 15.4 Å². The third-order valence-electron chi connectivity index (χ3n) is 4.32. The average molecular weight is 370 g/mol. The molecule has 0 saturated carbocycles. The third kappa shape index (κ3) is 4.62. The predicted molar refractivity (Wildman–Crippen MR) is 96.3 cm³/mol. The maximum atomic E-state index is 12.6. The van der Waals surface area contributed by atoms with Crippen LogP contribution in [0.5, 0.6) is 5.75 Å². The molecule has 0 spiro atoms. The Balaban J connectivity index is 2.16. The first kappa shape index (κ1) is 19.5. The number of likely N-dealkylation sites (N-methyl/N-ethyl adjacent to an activating group) is 1. The molecule has 1 saturated heterocycles. The van der Waals surface area contributed by atoms with E-state index in [2.05, 4.69) is 15.5 Å². The number of halogens is 1. The van der Waals surface area contributed by atoms with Crippen LogP contribution in [0.15, 0.2) is 12.1 Å². The van der Waals surface area contributed by atoms with Crippen LogP contribution in [0.2, 0.25) is 5.02 Å². The number of nitrogens with zero attached hydrogens (tertiary/aromatic N) is 1. The maximum absolute atomic E-state index is 12.6. The molecule has 138 valence electrons. The van der Waals surface area contributed by atoms with Crippen molar-refractivity contribution >= 4 is 29.1 Å². The van der Waals surface area contributed by atoms with E-state index in [1.54, 1.807) is 0 Å². The van der Waals surface area contributed by atoms with Gasteiger partial charge in [-0.15, -0.1) is 0 Å². The standard InChI is InChI=1S/C17H24ClN3O4/c1-4-21-8-11(5-12(21)9-22)20-17(24)13-6-14(18)15(19-10(2)23)7-16(13)25-3/h6-7,11-12,22H,4-5,8-9H2,1-3H3,(H,19,23)(H,20,24)/t11-,12-/m0/s1. The molecule has 2 rings (SSSR count). The molecule has 3 N–H and O–H groups in total. The Morgan fingerprint density at radius 1 is 1.44 bits per heavy atom. The number of likely N-dealkylation sites (tertiary alicyclic amines) is 1. The van der Waals surface area contributed by atoms with E-state index in [0.717, 1.165) is 6.54 Å². The first-order valence-electron chi connectivity index (χ1n) is 8.20. The summed E-state index contributed by atoms with van der Waals surface area (Å²) in [6, 6.07) is 3.02. The lowest BCUT2D eigenvalue weighted by Crippen LogP contribution is -2.37. The molecule has 1 aliphatic rings. The van der Waals surface area contributed by atoms with E-state index >= 15 is 0 Å². The highest BCUT2D eigenvalue weighted by atomic mass is 35.5. The third-order valence-corrected chi connectivity index (χ3v) is 4.64. The molecule has 0 unspecified atom stereocenters. The van der Waals surface area contributed by atoms with Crippen LogP contribution >= 0.6 is 11.6 Å². The van der Waals surface area contributed by atoms with Gasteiger partial charge in [0.25, 0.3) is 5.91 Å². The molecule has 0 radical (unpaired) electrons. The molecule has 25 heavy (non-hydrogen) atoms. The molecule has 7 nitrogen and oxygen atoms in total. The van der Waals surface area contributed by atoms with Crippen LogP contribution in [-0.4, -0.2) is 60.7 Å². The van der Waals surface area contributed by atoms with Gasteiger partial charge in [0.1, 0.15) is 5.75 Å². The van der Waals surface area contributed by atoms with E-state index in [-0.39, 0.29) is 35.5 Å². The van der Waals surface area contributed by atoms with Crippen molar-refractivity contribution in [1.82, 2.24) is 10.2 Å². The number of aliphatic hydroxyl groups is 1. The molecule has 1 aliphatic heterocycles. The molecule has 1 heterocycles. The van der Waals surface area contributed by atoms with Crippen molar-refractivity contribution < 1.29 is 19.4 Å². The molecule has 1 aromatic carbocycles. The number of aliphatic hydroxyl groups excluding tert-OH is 1. The van der Waals surface area contributed by atoms with Gasteiger partial charge in [-0.3, -0.25) is 14.5 Å². The maximum Gasteiger partial charge on any atom is 0.255 e. The number of ether oxygens (including phenoxy) is 1. The van der Waals surface area contributed by atoms with Gasteiger partial charge in [-0.05, 0) is 19.0 Å². The van der Waals surface area contributed by atoms with Crippen LogP contribution in [-0.2, 0) is 4.79 Å². The molecule has 1 aromatic rings. The summed E-state index contributed by atoms with van der Waals surface area (Å²) in [7, 11) is 1.45.